The van der Waals surface area contributed by atoms with Crippen LogP contribution in [0.1, 0.15) is 0 Å². The standard InChI is InChI=1S/C62H39N5O/c1-3-16-40(17-4-1)61-63-64-62(41-18-5-2-6-19-41)67(61)48-32-34-56-53(39-48)49-26-7-10-29-54(49)65(56)46-24-14-22-44(37-46)42-20-13-21-43(36-42)45-23-15-25-47(38-45)66-55-30-11-8-28-52(55)59-57(66)35-33-51-50-27-9-12-31-58(50)68-60(51)59/h1-39H. The summed E-state index contributed by atoms with van der Waals surface area (Å²) in [6, 6.07) is 84.1. The zero-order chi connectivity index (χ0) is 44.7. The minimum atomic E-state index is 0.797. The summed E-state index contributed by atoms with van der Waals surface area (Å²) in [7, 11) is 0. The number of hydrogen-bond acceptors (Lipinski definition) is 3. The molecule has 0 aliphatic rings. The number of hydrogen-bond donors (Lipinski definition) is 0. The second-order valence-electron chi connectivity index (χ2n) is 17.4. The maximum absolute atomic E-state index is 6.58. The monoisotopic (exact) mass is 869 g/mol. The Labute approximate surface area is 390 Å². The number of benzene rings is 10. The SMILES string of the molecule is c1ccc(-c2nnc(-c3ccccc3)n2-c2ccc3c(c2)c2ccccc2n3-c2cccc(-c3cccc(-c4cccc(-n5c6ccccc6c6c7oc8ccccc8c7ccc65)c4)c3)c2)cc1. The lowest BCUT2D eigenvalue weighted by atomic mass is 9.98. The van der Waals surface area contributed by atoms with Gasteiger partial charge >= 0.3 is 0 Å². The van der Waals surface area contributed by atoms with Crippen LogP contribution < -0.4 is 0 Å². The summed E-state index contributed by atoms with van der Waals surface area (Å²) >= 11 is 0. The van der Waals surface area contributed by atoms with Gasteiger partial charge in [0.15, 0.2) is 11.6 Å². The first kappa shape index (κ1) is 38.1. The number of nitrogens with zero attached hydrogens (tertiary/aromatic N) is 5. The van der Waals surface area contributed by atoms with Crippen molar-refractivity contribution in [2.24, 2.45) is 0 Å². The van der Waals surface area contributed by atoms with E-state index in [0.29, 0.717) is 0 Å². The molecule has 0 saturated heterocycles. The highest BCUT2D eigenvalue weighted by Gasteiger charge is 2.21. The summed E-state index contributed by atoms with van der Waals surface area (Å²) in [6.45, 7) is 0. The molecule has 0 radical (unpaired) electrons. The molecule has 4 heterocycles. The largest absolute Gasteiger partial charge is 0.455 e. The first-order valence-corrected chi connectivity index (χ1v) is 23.0. The van der Waals surface area contributed by atoms with Gasteiger partial charge in [-0.3, -0.25) is 4.57 Å². The van der Waals surface area contributed by atoms with Crippen molar-refractivity contribution in [1.29, 1.82) is 0 Å². The lowest BCUT2D eigenvalue weighted by Gasteiger charge is -2.13. The predicted octanol–water partition coefficient (Wildman–Crippen LogP) is 16.0. The van der Waals surface area contributed by atoms with Gasteiger partial charge < -0.3 is 13.6 Å². The van der Waals surface area contributed by atoms with Crippen molar-refractivity contribution in [3.8, 4) is 62.1 Å². The molecule has 0 fully saturated rings. The van der Waals surface area contributed by atoms with E-state index >= 15 is 0 Å². The van der Waals surface area contributed by atoms with Gasteiger partial charge in [0.1, 0.15) is 11.2 Å². The second kappa shape index (κ2) is 15.2. The van der Waals surface area contributed by atoms with Crippen molar-refractivity contribution in [3.63, 3.8) is 0 Å². The molecular weight excluding hydrogens is 831 g/mol. The van der Waals surface area contributed by atoms with Gasteiger partial charge in [0.2, 0.25) is 0 Å². The second-order valence-corrected chi connectivity index (χ2v) is 17.4. The third kappa shape index (κ3) is 5.91. The van der Waals surface area contributed by atoms with Crippen LogP contribution in [0.25, 0.3) is 128 Å². The molecule has 0 aliphatic heterocycles. The molecule has 0 amide bonds. The number of furan rings is 1. The Balaban J connectivity index is 0.860. The maximum Gasteiger partial charge on any atom is 0.168 e. The van der Waals surface area contributed by atoms with E-state index in [-0.39, 0.29) is 0 Å². The van der Waals surface area contributed by atoms with Crippen LogP contribution in [-0.4, -0.2) is 23.9 Å². The fraction of sp³-hybridized carbons (Fsp3) is 0. The van der Waals surface area contributed by atoms with E-state index in [2.05, 4.69) is 208 Å². The van der Waals surface area contributed by atoms with Gasteiger partial charge in [0.05, 0.1) is 33.1 Å². The molecule has 0 unspecified atom stereocenters. The van der Waals surface area contributed by atoms with E-state index in [1.54, 1.807) is 0 Å². The Morgan fingerprint density at radius 3 is 1.41 bits per heavy atom. The Morgan fingerprint density at radius 1 is 0.279 bits per heavy atom. The fourth-order valence-electron chi connectivity index (χ4n) is 10.5. The van der Waals surface area contributed by atoms with Gasteiger partial charge in [0, 0.05) is 49.4 Å². The summed E-state index contributed by atoms with van der Waals surface area (Å²) in [5.41, 5.74) is 16.2. The summed E-state index contributed by atoms with van der Waals surface area (Å²) < 4.78 is 13.5. The van der Waals surface area contributed by atoms with E-state index in [1.165, 1.54) is 10.8 Å². The topological polar surface area (TPSA) is 53.7 Å². The Morgan fingerprint density at radius 2 is 0.750 bits per heavy atom. The van der Waals surface area contributed by atoms with E-state index in [1.807, 2.05) is 42.5 Å². The van der Waals surface area contributed by atoms with E-state index in [0.717, 1.165) is 117 Å². The van der Waals surface area contributed by atoms with Crippen LogP contribution in [0.3, 0.4) is 0 Å². The van der Waals surface area contributed by atoms with Crippen molar-refractivity contribution >= 4 is 65.6 Å². The van der Waals surface area contributed by atoms with Crippen molar-refractivity contribution in [2.75, 3.05) is 0 Å². The third-order valence-electron chi connectivity index (χ3n) is 13.6. The van der Waals surface area contributed by atoms with Crippen LogP contribution in [0.5, 0.6) is 0 Å². The third-order valence-corrected chi connectivity index (χ3v) is 13.6. The van der Waals surface area contributed by atoms with E-state index in [4.69, 9.17) is 14.6 Å². The smallest absolute Gasteiger partial charge is 0.168 e. The van der Waals surface area contributed by atoms with Crippen LogP contribution in [0.2, 0.25) is 0 Å². The molecule has 0 atom stereocenters. The van der Waals surface area contributed by atoms with Gasteiger partial charge in [-0.15, -0.1) is 10.2 Å². The molecule has 68 heavy (non-hydrogen) atoms. The van der Waals surface area contributed by atoms with Gasteiger partial charge in [0.25, 0.3) is 0 Å². The Hall–Kier alpha value is -9.26. The van der Waals surface area contributed by atoms with E-state index in [9.17, 15) is 0 Å². The zero-order valence-electron chi connectivity index (χ0n) is 36.7. The van der Waals surface area contributed by atoms with Crippen LogP contribution in [-0.2, 0) is 0 Å². The molecule has 0 spiro atoms. The molecule has 0 N–H and O–H groups in total. The molecule has 10 aromatic carbocycles. The quantitative estimate of drug-likeness (QED) is 0.160. The molecule has 0 bridgehead atoms. The lowest BCUT2D eigenvalue weighted by molar-refractivity contribution is 0.673. The number of aromatic nitrogens is 5. The normalized spacial score (nSPS) is 11.8. The summed E-state index contributed by atoms with van der Waals surface area (Å²) in [4.78, 5) is 0. The highest BCUT2D eigenvalue weighted by molar-refractivity contribution is 6.24. The maximum atomic E-state index is 6.58. The molecule has 14 rings (SSSR count). The molecule has 6 heteroatoms. The van der Waals surface area contributed by atoms with Crippen LogP contribution in [0.15, 0.2) is 241 Å². The molecule has 14 aromatic rings. The summed E-state index contributed by atoms with van der Waals surface area (Å²) in [5.74, 6) is 1.59. The summed E-state index contributed by atoms with van der Waals surface area (Å²) in [5, 5.41) is 16.4. The molecule has 6 nitrogen and oxygen atoms in total. The van der Waals surface area contributed by atoms with Gasteiger partial charge in [-0.2, -0.15) is 0 Å². The fourth-order valence-corrected chi connectivity index (χ4v) is 10.5. The van der Waals surface area contributed by atoms with Crippen molar-refractivity contribution in [3.05, 3.63) is 237 Å². The Bertz CT molecular complexity index is 4210. The lowest BCUT2D eigenvalue weighted by Crippen LogP contribution is -2.01. The van der Waals surface area contributed by atoms with Crippen molar-refractivity contribution in [1.82, 2.24) is 23.9 Å². The molecule has 0 saturated carbocycles. The van der Waals surface area contributed by atoms with E-state index < -0.39 is 0 Å². The van der Waals surface area contributed by atoms with Gasteiger partial charge in [-0.25, -0.2) is 0 Å². The van der Waals surface area contributed by atoms with Crippen LogP contribution in [0, 0.1) is 0 Å². The van der Waals surface area contributed by atoms with Gasteiger partial charge in [-0.1, -0.05) is 158 Å². The van der Waals surface area contributed by atoms with Crippen LogP contribution >= 0.6 is 0 Å². The molecule has 0 aliphatic carbocycles. The first-order valence-electron chi connectivity index (χ1n) is 23.0. The zero-order valence-corrected chi connectivity index (χ0v) is 36.7. The minimum Gasteiger partial charge on any atom is -0.455 e. The summed E-state index contributed by atoms with van der Waals surface area (Å²) in [6.07, 6.45) is 0. The number of para-hydroxylation sites is 3. The highest BCUT2D eigenvalue weighted by Crippen LogP contribution is 2.42. The molecule has 318 valence electrons. The minimum absolute atomic E-state index is 0.797. The molecular formula is C62H39N5O. The first-order chi connectivity index (χ1) is 33.7. The highest BCUT2D eigenvalue weighted by atomic mass is 16.3. The molecule has 4 aromatic heterocycles. The number of rotatable bonds is 7. The van der Waals surface area contributed by atoms with Crippen LogP contribution in [0.4, 0.5) is 0 Å². The average Bonchev–Trinajstić information content (AvgIpc) is 4.19. The number of fused-ring (bicyclic) bond motifs is 10. The predicted molar refractivity (Wildman–Crippen MR) is 279 cm³/mol. The van der Waals surface area contributed by atoms with Gasteiger partial charge in [-0.05, 0) is 101 Å². The van der Waals surface area contributed by atoms with Crippen molar-refractivity contribution < 1.29 is 4.42 Å². The van der Waals surface area contributed by atoms with Crippen molar-refractivity contribution in [2.45, 2.75) is 0 Å². The Kier molecular flexibility index (Phi) is 8.48. The average molecular weight is 870 g/mol.